The Kier molecular flexibility index (Phi) is 3.24. The average Bonchev–Trinajstić information content (AvgIpc) is 3.07. The summed E-state index contributed by atoms with van der Waals surface area (Å²) in [6.45, 7) is 1.56. The van der Waals surface area contributed by atoms with Crippen molar-refractivity contribution in [3.05, 3.63) is 35.6 Å². The van der Waals surface area contributed by atoms with E-state index >= 15 is 0 Å². The van der Waals surface area contributed by atoms with E-state index in [2.05, 4.69) is 0 Å². The monoisotopic (exact) mass is 329 g/mol. The summed E-state index contributed by atoms with van der Waals surface area (Å²) in [4.78, 5) is 11.9. The highest BCUT2D eigenvalue weighted by molar-refractivity contribution is 7.91. The minimum Gasteiger partial charge on any atom is -0.461 e. The van der Waals surface area contributed by atoms with Gasteiger partial charge in [-0.25, -0.2) is 12.8 Å². The number of fused-ring (bicyclic) bond motifs is 1. The van der Waals surface area contributed by atoms with Crippen LogP contribution in [0.4, 0.5) is 8.78 Å². The van der Waals surface area contributed by atoms with E-state index in [1.54, 1.807) is 6.92 Å². The van der Waals surface area contributed by atoms with Gasteiger partial charge in [0.25, 0.3) is 0 Å². The SMILES string of the molecule is CC1(S(=O)(=O)NC(=O)Cc2coc3c(F)c(F)ccc23)CC1. The molecular formula is C14H13F2NO4S. The summed E-state index contributed by atoms with van der Waals surface area (Å²) in [7, 11) is -3.72. The number of furan rings is 1. The van der Waals surface area contributed by atoms with E-state index in [0.717, 1.165) is 12.3 Å². The van der Waals surface area contributed by atoms with Gasteiger partial charge in [-0.3, -0.25) is 9.52 Å². The predicted molar refractivity (Wildman–Crippen MR) is 74.5 cm³/mol. The molecule has 22 heavy (non-hydrogen) atoms. The first-order valence-electron chi connectivity index (χ1n) is 6.63. The number of amides is 1. The van der Waals surface area contributed by atoms with Gasteiger partial charge in [-0.05, 0) is 31.9 Å². The minimum atomic E-state index is -3.72. The third-order valence-electron chi connectivity index (χ3n) is 3.92. The molecule has 2 aromatic rings. The van der Waals surface area contributed by atoms with Crippen LogP contribution >= 0.6 is 0 Å². The number of hydrogen-bond donors (Lipinski definition) is 1. The summed E-state index contributed by atoms with van der Waals surface area (Å²) < 4.78 is 56.6. The lowest BCUT2D eigenvalue weighted by Crippen LogP contribution is -2.39. The zero-order chi connectivity index (χ0) is 16.1. The first kappa shape index (κ1) is 15.0. The lowest BCUT2D eigenvalue weighted by atomic mass is 10.1. The molecule has 0 bridgehead atoms. The topological polar surface area (TPSA) is 76.4 Å². The van der Waals surface area contributed by atoms with E-state index in [1.165, 1.54) is 6.07 Å². The number of benzene rings is 1. The van der Waals surface area contributed by atoms with E-state index in [9.17, 15) is 22.0 Å². The molecule has 5 nitrogen and oxygen atoms in total. The average molecular weight is 329 g/mol. The Bertz CT molecular complexity index is 868. The summed E-state index contributed by atoms with van der Waals surface area (Å²) in [6, 6.07) is 2.22. The van der Waals surface area contributed by atoms with Gasteiger partial charge >= 0.3 is 0 Å². The van der Waals surface area contributed by atoms with Gasteiger partial charge in [0.05, 0.1) is 17.4 Å². The number of nitrogens with one attached hydrogen (secondary N) is 1. The molecule has 1 saturated carbocycles. The van der Waals surface area contributed by atoms with Crippen LogP contribution in [0.3, 0.4) is 0 Å². The largest absolute Gasteiger partial charge is 0.461 e. The Labute approximate surface area is 125 Å². The molecule has 0 spiro atoms. The summed E-state index contributed by atoms with van der Waals surface area (Å²) in [5.74, 6) is -2.93. The van der Waals surface area contributed by atoms with Crippen LogP contribution in [0.2, 0.25) is 0 Å². The van der Waals surface area contributed by atoms with Gasteiger partial charge in [-0.2, -0.15) is 4.39 Å². The van der Waals surface area contributed by atoms with Crippen LogP contribution in [0.1, 0.15) is 25.3 Å². The molecule has 0 unspecified atom stereocenters. The van der Waals surface area contributed by atoms with Gasteiger partial charge < -0.3 is 4.42 Å². The Morgan fingerprint density at radius 1 is 1.36 bits per heavy atom. The highest BCUT2D eigenvalue weighted by Crippen LogP contribution is 2.42. The molecule has 0 atom stereocenters. The van der Waals surface area contributed by atoms with Gasteiger partial charge in [0.15, 0.2) is 11.4 Å². The molecule has 1 aliphatic carbocycles. The summed E-state index contributed by atoms with van der Waals surface area (Å²) in [5.41, 5.74) is 0.00219. The molecule has 1 amide bonds. The fourth-order valence-electron chi connectivity index (χ4n) is 2.16. The third kappa shape index (κ3) is 2.37. The van der Waals surface area contributed by atoms with Crippen molar-refractivity contribution in [1.29, 1.82) is 0 Å². The third-order valence-corrected chi connectivity index (χ3v) is 6.12. The quantitative estimate of drug-likeness (QED) is 0.933. The Hall–Kier alpha value is -1.96. The Balaban J connectivity index is 1.82. The highest BCUT2D eigenvalue weighted by Gasteiger charge is 2.50. The molecule has 118 valence electrons. The predicted octanol–water partition coefficient (Wildman–Crippen LogP) is 2.25. The molecule has 1 aromatic heterocycles. The van der Waals surface area contributed by atoms with Gasteiger partial charge in [0.1, 0.15) is 0 Å². The second-order valence-electron chi connectivity index (χ2n) is 5.65. The van der Waals surface area contributed by atoms with Crippen molar-refractivity contribution in [1.82, 2.24) is 4.72 Å². The second kappa shape index (κ2) is 4.77. The number of halogens is 2. The van der Waals surface area contributed by atoms with E-state index < -0.39 is 32.3 Å². The van der Waals surface area contributed by atoms with Crippen LogP contribution in [0.15, 0.2) is 22.8 Å². The van der Waals surface area contributed by atoms with Crippen LogP contribution < -0.4 is 4.72 Å². The van der Waals surface area contributed by atoms with Gasteiger partial charge in [0.2, 0.25) is 21.7 Å². The van der Waals surface area contributed by atoms with Crippen molar-refractivity contribution in [3.63, 3.8) is 0 Å². The smallest absolute Gasteiger partial charge is 0.240 e. The highest BCUT2D eigenvalue weighted by atomic mass is 32.2. The fraction of sp³-hybridized carbons (Fsp3) is 0.357. The molecule has 0 radical (unpaired) electrons. The molecule has 1 heterocycles. The number of sulfonamides is 1. The lowest BCUT2D eigenvalue weighted by Gasteiger charge is -2.11. The van der Waals surface area contributed by atoms with Crippen LogP contribution in [-0.4, -0.2) is 19.1 Å². The van der Waals surface area contributed by atoms with Crippen molar-refractivity contribution in [2.45, 2.75) is 30.9 Å². The molecule has 1 aromatic carbocycles. The minimum absolute atomic E-state index is 0.240. The maximum atomic E-state index is 13.5. The maximum Gasteiger partial charge on any atom is 0.240 e. The van der Waals surface area contributed by atoms with E-state index in [0.29, 0.717) is 18.4 Å². The lowest BCUT2D eigenvalue weighted by molar-refractivity contribution is -0.118. The van der Waals surface area contributed by atoms with Gasteiger partial charge in [-0.1, -0.05) is 0 Å². The van der Waals surface area contributed by atoms with Crippen molar-refractivity contribution in [2.75, 3.05) is 0 Å². The summed E-state index contributed by atoms with van der Waals surface area (Å²) >= 11 is 0. The van der Waals surface area contributed by atoms with Crippen molar-refractivity contribution in [2.24, 2.45) is 0 Å². The normalized spacial score (nSPS) is 16.7. The number of hydrogen-bond acceptors (Lipinski definition) is 4. The molecule has 0 aliphatic heterocycles. The van der Waals surface area contributed by atoms with Crippen molar-refractivity contribution in [3.8, 4) is 0 Å². The molecule has 3 rings (SSSR count). The summed E-state index contributed by atoms with van der Waals surface area (Å²) in [5, 5.41) is 0.240. The number of rotatable bonds is 4. The standard InChI is InChI=1S/C14H13F2NO4S/c1-14(4-5-14)22(19,20)17-11(18)6-8-7-21-13-9(8)2-3-10(15)12(13)16/h2-3,7H,4-6H2,1H3,(H,17,18). The van der Waals surface area contributed by atoms with Crippen LogP contribution in [0.5, 0.6) is 0 Å². The van der Waals surface area contributed by atoms with Crippen LogP contribution in [-0.2, 0) is 21.2 Å². The summed E-state index contributed by atoms with van der Waals surface area (Å²) in [6.07, 6.45) is 1.84. The zero-order valence-corrected chi connectivity index (χ0v) is 12.5. The molecular weight excluding hydrogens is 316 g/mol. The van der Waals surface area contributed by atoms with Crippen LogP contribution in [0.25, 0.3) is 11.0 Å². The van der Waals surface area contributed by atoms with Crippen LogP contribution in [0, 0.1) is 11.6 Å². The molecule has 1 fully saturated rings. The molecule has 8 heteroatoms. The first-order chi connectivity index (χ1) is 10.2. The van der Waals surface area contributed by atoms with E-state index in [4.69, 9.17) is 4.42 Å². The Morgan fingerprint density at radius 2 is 2.05 bits per heavy atom. The molecule has 1 aliphatic rings. The van der Waals surface area contributed by atoms with Crippen molar-refractivity contribution >= 4 is 26.9 Å². The van der Waals surface area contributed by atoms with E-state index in [-0.39, 0.29) is 17.4 Å². The second-order valence-corrected chi connectivity index (χ2v) is 7.85. The maximum absolute atomic E-state index is 13.5. The fourth-order valence-corrected chi connectivity index (χ4v) is 3.42. The van der Waals surface area contributed by atoms with Crippen molar-refractivity contribution < 1.29 is 26.4 Å². The Morgan fingerprint density at radius 3 is 2.68 bits per heavy atom. The number of carbonyl (C=O) groups is 1. The van der Waals surface area contributed by atoms with Gasteiger partial charge in [0, 0.05) is 10.9 Å². The molecule has 0 saturated heterocycles. The first-order valence-corrected chi connectivity index (χ1v) is 8.11. The molecule has 1 N–H and O–H groups in total. The number of carbonyl (C=O) groups excluding carboxylic acids is 1. The van der Waals surface area contributed by atoms with Gasteiger partial charge in [-0.15, -0.1) is 0 Å². The zero-order valence-electron chi connectivity index (χ0n) is 11.7. The van der Waals surface area contributed by atoms with E-state index in [1.807, 2.05) is 4.72 Å².